The van der Waals surface area contributed by atoms with E-state index in [-0.39, 0.29) is 5.91 Å². The average Bonchev–Trinajstić information content (AvgIpc) is 2.97. The van der Waals surface area contributed by atoms with Crippen LogP contribution < -0.4 is 5.32 Å². The number of hydrogen-bond acceptors (Lipinski definition) is 3. The second-order valence-corrected chi connectivity index (χ2v) is 6.88. The van der Waals surface area contributed by atoms with Gasteiger partial charge in [-0.1, -0.05) is 24.3 Å². The van der Waals surface area contributed by atoms with Crippen LogP contribution in [-0.2, 0) is 11.3 Å². The summed E-state index contributed by atoms with van der Waals surface area (Å²) in [6.07, 6.45) is 1.23. The molecular formula is C18H27N3O. The molecule has 2 aliphatic rings. The predicted molar refractivity (Wildman–Crippen MR) is 88.6 cm³/mol. The zero-order valence-electron chi connectivity index (χ0n) is 13.7. The lowest BCUT2D eigenvalue weighted by Gasteiger charge is -2.34. The highest BCUT2D eigenvalue weighted by molar-refractivity contribution is 5.78. The van der Waals surface area contributed by atoms with E-state index in [0.717, 1.165) is 31.5 Å². The third-order valence-corrected chi connectivity index (χ3v) is 5.24. The minimum Gasteiger partial charge on any atom is -0.340 e. The lowest BCUT2D eigenvalue weighted by atomic mass is 9.89. The van der Waals surface area contributed by atoms with Crippen LogP contribution in [0.1, 0.15) is 17.5 Å². The third-order valence-electron chi connectivity index (χ3n) is 5.24. The molecule has 2 atom stereocenters. The van der Waals surface area contributed by atoms with Crippen molar-refractivity contribution >= 4 is 5.91 Å². The first-order valence-corrected chi connectivity index (χ1v) is 8.35. The van der Waals surface area contributed by atoms with Crippen molar-refractivity contribution in [3.05, 3.63) is 35.4 Å². The van der Waals surface area contributed by atoms with Crippen molar-refractivity contribution in [2.45, 2.75) is 19.9 Å². The van der Waals surface area contributed by atoms with Crippen LogP contribution in [0.5, 0.6) is 0 Å². The topological polar surface area (TPSA) is 35.6 Å². The quantitative estimate of drug-likeness (QED) is 0.915. The molecule has 120 valence electrons. The number of fused-ring (bicyclic) bond motifs is 1. The Bertz CT molecular complexity index is 531. The molecule has 0 saturated carbocycles. The van der Waals surface area contributed by atoms with Gasteiger partial charge in [-0.2, -0.15) is 0 Å². The lowest BCUT2D eigenvalue weighted by Crippen LogP contribution is -2.45. The molecule has 1 amide bonds. The van der Waals surface area contributed by atoms with Crippen molar-refractivity contribution in [2.24, 2.45) is 11.8 Å². The first kappa shape index (κ1) is 15.5. The molecular weight excluding hydrogens is 274 g/mol. The molecule has 1 aromatic carbocycles. The molecule has 0 bridgehead atoms. The first-order valence-electron chi connectivity index (χ1n) is 8.35. The van der Waals surface area contributed by atoms with Gasteiger partial charge in [0.05, 0.1) is 6.54 Å². The summed E-state index contributed by atoms with van der Waals surface area (Å²) in [5, 5.41) is 3.48. The van der Waals surface area contributed by atoms with E-state index < -0.39 is 0 Å². The highest BCUT2D eigenvalue weighted by atomic mass is 16.2. The molecule has 2 saturated heterocycles. The zero-order chi connectivity index (χ0) is 15.5. The number of aryl methyl sites for hydroxylation is 1. The van der Waals surface area contributed by atoms with E-state index in [0.29, 0.717) is 13.1 Å². The average molecular weight is 301 g/mol. The highest BCUT2D eigenvalue weighted by Gasteiger charge is 2.33. The largest absolute Gasteiger partial charge is 0.340 e. The molecule has 2 heterocycles. The second-order valence-electron chi connectivity index (χ2n) is 6.88. The second kappa shape index (κ2) is 6.80. The summed E-state index contributed by atoms with van der Waals surface area (Å²) in [5.41, 5.74) is 2.48. The van der Waals surface area contributed by atoms with Crippen molar-refractivity contribution < 1.29 is 4.79 Å². The van der Waals surface area contributed by atoms with Crippen LogP contribution >= 0.6 is 0 Å². The summed E-state index contributed by atoms with van der Waals surface area (Å²) < 4.78 is 0. The van der Waals surface area contributed by atoms with Crippen molar-refractivity contribution in [3.8, 4) is 0 Å². The van der Waals surface area contributed by atoms with Crippen molar-refractivity contribution in [1.29, 1.82) is 0 Å². The molecule has 0 aromatic heterocycles. The number of nitrogens with one attached hydrogen (secondary N) is 1. The highest BCUT2D eigenvalue weighted by Crippen LogP contribution is 2.26. The summed E-state index contributed by atoms with van der Waals surface area (Å²) in [7, 11) is 1.92. The molecule has 1 N–H and O–H groups in total. The van der Waals surface area contributed by atoms with E-state index >= 15 is 0 Å². The number of hydrogen-bond donors (Lipinski definition) is 1. The fraction of sp³-hybridized carbons (Fsp3) is 0.611. The van der Waals surface area contributed by atoms with Crippen molar-refractivity contribution in [3.63, 3.8) is 0 Å². The number of carbonyl (C=O) groups excluding carboxylic acids is 1. The van der Waals surface area contributed by atoms with Gasteiger partial charge in [0.25, 0.3) is 0 Å². The van der Waals surface area contributed by atoms with E-state index in [1.165, 1.54) is 24.1 Å². The summed E-state index contributed by atoms with van der Waals surface area (Å²) in [6.45, 7) is 7.78. The van der Waals surface area contributed by atoms with Crippen LogP contribution in [0.2, 0.25) is 0 Å². The Balaban J connectivity index is 1.52. The van der Waals surface area contributed by atoms with Crippen LogP contribution in [0.25, 0.3) is 0 Å². The van der Waals surface area contributed by atoms with E-state index in [2.05, 4.69) is 29.3 Å². The summed E-state index contributed by atoms with van der Waals surface area (Å²) >= 11 is 0. The van der Waals surface area contributed by atoms with Gasteiger partial charge >= 0.3 is 0 Å². The number of piperidine rings is 1. The fourth-order valence-corrected chi connectivity index (χ4v) is 3.70. The Morgan fingerprint density at radius 1 is 1.32 bits per heavy atom. The summed E-state index contributed by atoms with van der Waals surface area (Å²) in [4.78, 5) is 16.7. The number of nitrogens with zero attached hydrogens (tertiary/aromatic N) is 2. The van der Waals surface area contributed by atoms with Gasteiger partial charge in [-0.3, -0.25) is 9.69 Å². The predicted octanol–water partition coefficient (Wildman–Crippen LogP) is 1.49. The van der Waals surface area contributed by atoms with E-state index in [1.807, 2.05) is 24.1 Å². The maximum absolute atomic E-state index is 12.5. The van der Waals surface area contributed by atoms with Gasteiger partial charge in [-0.05, 0) is 55.9 Å². The molecule has 2 aliphatic heterocycles. The van der Waals surface area contributed by atoms with E-state index in [9.17, 15) is 4.79 Å². The Kier molecular flexibility index (Phi) is 4.79. The number of amides is 1. The van der Waals surface area contributed by atoms with E-state index in [4.69, 9.17) is 0 Å². The van der Waals surface area contributed by atoms with Crippen LogP contribution in [-0.4, -0.2) is 55.5 Å². The third kappa shape index (κ3) is 3.50. The smallest absolute Gasteiger partial charge is 0.236 e. The molecule has 0 spiro atoms. The van der Waals surface area contributed by atoms with Gasteiger partial charge in [-0.15, -0.1) is 0 Å². The molecule has 2 unspecified atom stereocenters. The standard InChI is InChI=1S/C18H27N3O/c1-14-5-3-4-6-16(14)11-20(2)18(22)13-21-8-7-15-9-19-10-17(15)12-21/h3-6,15,17,19H,7-13H2,1-2H3. The maximum Gasteiger partial charge on any atom is 0.236 e. The lowest BCUT2D eigenvalue weighted by molar-refractivity contribution is -0.132. The van der Waals surface area contributed by atoms with Crippen LogP contribution in [0.4, 0.5) is 0 Å². The normalized spacial score (nSPS) is 25.0. The number of rotatable bonds is 4. The molecule has 22 heavy (non-hydrogen) atoms. The van der Waals surface area contributed by atoms with Gasteiger partial charge in [0.2, 0.25) is 5.91 Å². The Labute approximate surface area is 133 Å². The Morgan fingerprint density at radius 3 is 2.91 bits per heavy atom. The monoisotopic (exact) mass is 301 g/mol. The zero-order valence-corrected chi connectivity index (χ0v) is 13.7. The molecule has 4 heteroatoms. The van der Waals surface area contributed by atoms with Gasteiger partial charge in [0.15, 0.2) is 0 Å². The summed E-state index contributed by atoms with van der Waals surface area (Å²) in [6, 6.07) is 8.29. The Morgan fingerprint density at radius 2 is 2.09 bits per heavy atom. The molecule has 3 rings (SSSR count). The number of likely N-dealkylation sites (tertiary alicyclic amines) is 1. The van der Waals surface area contributed by atoms with Crippen molar-refractivity contribution in [1.82, 2.24) is 15.1 Å². The number of benzene rings is 1. The number of likely N-dealkylation sites (N-methyl/N-ethyl adjacent to an activating group) is 1. The molecule has 0 aliphatic carbocycles. The number of carbonyl (C=O) groups is 1. The Hall–Kier alpha value is -1.39. The van der Waals surface area contributed by atoms with Crippen LogP contribution in [0.3, 0.4) is 0 Å². The maximum atomic E-state index is 12.5. The fourth-order valence-electron chi connectivity index (χ4n) is 3.70. The minimum atomic E-state index is 0.229. The van der Waals surface area contributed by atoms with E-state index in [1.54, 1.807) is 0 Å². The van der Waals surface area contributed by atoms with Gasteiger partial charge in [0.1, 0.15) is 0 Å². The van der Waals surface area contributed by atoms with Gasteiger partial charge < -0.3 is 10.2 Å². The minimum absolute atomic E-state index is 0.229. The molecule has 2 fully saturated rings. The molecule has 4 nitrogen and oxygen atoms in total. The first-order chi connectivity index (χ1) is 10.6. The SMILES string of the molecule is Cc1ccccc1CN(C)C(=O)CN1CCC2CNCC2C1. The van der Waals surface area contributed by atoms with Gasteiger partial charge in [-0.25, -0.2) is 0 Å². The van der Waals surface area contributed by atoms with Crippen LogP contribution in [0, 0.1) is 18.8 Å². The molecule has 0 radical (unpaired) electrons. The molecule has 1 aromatic rings. The summed E-state index contributed by atoms with van der Waals surface area (Å²) in [5.74, 6) is 1.80. The van der Waals surface area contributed by atoms with Crippen molar-refractivity contribution in [2.75, 3.05) is 39.8 Å². The van der Waals surface area contributed by atoms with Gasteiger partial charge in [0, 0.05) is 20.1 Å². The van der Waals surface area contributed by atoms with Crippen LogP contribution in [0.15, 0.2) is 24.3 Å².